The lowest BCUT2D eigenvalue weighted by Crippen LogP contribution is -2.33. The molecule has 1 aliphatic rings. The molecule has 2 N–H and O–H groups in total. The van der Waals surface area contributed by atoms with Crippen molar-refractivity contribution in [3.05, 3.63) is 77.2 Å². The third kappa shape index (κ3) is 3.72. The van der Waals surface area contributed by atoms with Crippen LogP contribution < -0.4 is 0 Å². The summed E-state index contributed by atoms with van der Waals surface area (Å²) in [5, 5.41) is 11.9. The van der Waals surface area contributed by atoms with Gasteiger partial charge < -0.3 is 19.7 Å². The standard InChI is InChI=1S/C24H23FN2O4/c1-14(2)31-12-11-27-21(16-8-3-5-9-18(16)25)20(23(29)24(27)30)22(28)17-13-26-19-10-6-4-7-15(17)19/h3-10,13-14,21,26,28H,11-12H2,1-2H3/b22-20+. The predicted octanol–water partition coefficient (Wildman–Crippen LogP) is 4.15. The average molecular weight is 422 g/mol. The van der Waals surface area contributed by atoms with Crippen LogP contribution in [-0.4, -0.2) is 45.9 Å². The van der Waals surface area contributed by atoms with Gasteiger partial charge in [0.05, 0.1) is 24.3 Å². The van der Waals surface area contributed by atoms with Gasteiger partial charge in [-0.1, -0.05) is 36.4 Å². The minimum atomic E-state index is -1.05. The molecule has 0 radical (unpaired) electrons. The van der Waals surface area contributed by atoms with Gasteiger partial charge in [0.15, 0.2) is 0 Å². The molecule has 7 heteroatoms. The number of fused-ring (bicyclic) bond motifs is 1. The molecule has 2 aromatic carbocycles. The molecule has 31 heavy (non-hydrogen) atoms. The fourth-order valence-corrected chi connectivity index (χ4v) is 3.93. The molecule has 3 aromatic rings. The van der Waals surface area contributed by atoms with Crippen molar-refractivity contribution in [2.45, 2.75) is 26.0 Å². The van der Waals surface area contributed by atoms with Crippen molar-refractivity contribution in [3.8, 4) is 0 Å². The Morgan fingerprint density at radius 1 is 1.16 bits per heavy atom. The molecular formula is C24H23FN2O4. The van der Waals surface area contributed by atoms with Crippen LogP contribution in [0.3, 0.4) is 0 Å². The SMILES string of the molecule is CC(C)OCCN1C(=O)C(=O)/C(=C(/O)c2c[nH]c3ccccc23)C1c1ccccc1F. The Morgan fingerprint density at radius 2 is 1.87 bits per heavy atom. The molecule has 0 spiro atoms. The molecule has 160 valence electrons. The number of H-pyrrole nitrogens is 1. The molecule has 4 rings (SSSR count). The van der Waals surface area contributed by atoms with E-state index in [2.05, 4.69) is 4.98 Å². The number of hydrogen-bond acceptors (Lipinski definition) is 4. The number of likely N-dealkylation sites (tertiary alicyclic amines) is 1. The number of amides is 1. The van der Waals surface area contributed by atoms with Gasteiger partial charge in [-0.3, -0.25) is 9.59 Å². The number of aliphatic hydroxyl groups is 1. The van der Waals surface area contributed by atoms with E-state index in [1.807, 2.05) is 32.0 Å². The number of aliphatic hydroxyl groups excluding tert-OH is 1. The van der Waals surface area contributed by atoms with Crippen molar-refractivity contribution in [2.24, 2.45) is 0 Å². The van der Waals surface area contributed by atoms with E-state index in [4.69, 9.17) is 4.74 Å². The maximum Gasteiger partial charge on any atom is 0.295 e. The number of carbonyl (C=O) groups excluding carboxylic acids is 2. The van der Waals surface area contributed by atoms with Crippen LogP contribution in [0, 0.1) is 5.82 Å². The smallest absolute Gasteiger partial charge is 0.295 e. The van der Waals surface area contributed by atoms with Crippen molar-refractivity contribution >= 4 is 28.4 Å². The van der Waals surface area contributed by atoms with Gasteiger partial charge in [0.25, 0.3) is 11.7 Å². The van der Waals surface area contributed by atoms with Crippen molar-refractivity contribution in [1.82, 2.24) is 9.88 Å². The number of nitrogens with one attached hydrogen (secondary N) is 1. The number of carbonyl (C=O) groups is 2. The van der Waals surface area contributed by atoms with E-state index < -0.39 is 23.5 Å². The van der Waals surface area contributed by atoms with Crippen LogP contribution in [0.2, 0.25) is 0 Å². The Bertz CT molecular complexity index is 1180. The van der Waals surface area contributed by atoms with Gasteiger partial charge in [0.1, 0.15) is 11.6 Å². The molecule has 1 aromatic heterocycles. The lowest BCUT2D eigenvalue weighted by atomic mass is 9.95. The number of halogens is 1. The second-order valence-electron chi connectivity index (χ2n) is 7.68. The third-order valence-electron chi connectivity index (χ3n) is 5.37. The normalized spacial score (nSPS) is 18.5. The second kappa shape index (κ2) is 8.35. The zero-order valence-electron chi connectivity index (χ0n) is 17.3. The summed E-state index contributed by atoms with van der Waals surface area (Å²) >= 11 is 0. The minimum absolute atomic E-state index is 0.0602. The topological polar surface area (TPSA) is 82.6 Å². The maximum atomic E-state index is 14.8. The fraction of sp³-hybridized carbons (Fsp3) is 0.250. The molecule has 1 fully saturated rings. The molecule has 0 aliphatic carbocycles. The Kier molecular flexibility index (Phi) is 5.61. The highest BCUT2D eigenvalue weighted by Gasteiger charge is 2.47. The van der Waals surface area contributed by atoms with E-state index in [1.165, 1.54) is 23.1 Å². The lowest BCUT2D eigenvalue weighted by Gasteiger charge is -2.25. The van der Waals surface area contributed by atoms with Crippen molar-refractivity contribution < 1.29 is 23.8 Å². The first-order valence-corrected chi connectivity index (χ1v) is 10.1. The predicted molar refractivity (Wildman–Crippen MR) is 115 cm³/mol. The Hall–Kier alpha value is -3.45. The largest absolute Gasteiger partial charge is 0.507 e. The van der Waals surface area contributed by atoms with Crippen LogP contribution in [0.5, 0.6) is 0 Å². The molecule has 1 saturated heterocycles. The maximum absolute atomic E-state index is 14.8. The lowest BCUT2D eigenvalue weighted by molar-refractivity contribution is -0.140. The highest BCUT2D eigenvalue weighted by atomic mass is 19.1. The highest BCUT2D eigenvalue weighted by molar-refractivity contribution is 6.46. The number of aromatic amines is 1. The Labute approximate surface area is 178 Å². The molecule has 1 unspecified atom stereocenters. The number of rotatable bonds is 6. The molecule has 6 nitrogen and oxygen atoms in total. The van der Waals surface area contributed by atoms with Crippen molar-refractivity contribution in [1.29, 1.82) is 0 Å². The molecule has 2 heterocycles. The summed E-state index contributed by atoms with van der Waals surface area (Å²) in [5.41, 5.74) is 1.16. The third-order valence-corrected chi connectivity index (χ3v) is 5.37. The number of Topliss-reactive ketones (excluding diaryl/α,β-unsaturated/α-hetero) is 1. The summed E-state index contributed by atoms with van der Waals surface area (Å²) in [6.07, 6.45) is 1.52. The highest BCUT2D eigenvalue weighted by Crippen LogP contribution is 2.41. The summed E-state index contributed by atoms with van der Waals surface area (Å²) in [5.74, 6) is -2.53. The van der Waals surface area contributed by atoms with Crippen LogP contribution in [0.1, 0.15) is 31.0 Å². The summed E-state index contributed by atoms with van der Waals surface area (Å²) in [4.78, 5) is 30.2. The zero-order chi connectivity index (χ0) is 22.1. The minimum Gasteiger partial charge on any atom is -0.507 e. The van der Waals surface area contributed by atoms with Crippen molar-refractivity contribution in [2.75, 3.05) is 13.2 Å². The van der Waals surface area contributed by atoms with Gasteiger partial charge in [0.2, 0.25) is 0 Å². The Balaban J connectivity index is 1.86. The van der Waals surface area contributed by atoms with Gasteiger partial charge in [-0.2, -0.15) is 0 Å². The molecule has 0 saturated carbocycles. The summed E-state index contributed by atoms with van der Waals surface area (Å²) in [6.45, 7) is 3.99. The van der Waals surface area contributed by atoms with Gasteiger partial charge in [-0.05, 0) is 26.0 Å². The quantitative estimate of drug-likeness (QED) is 0.355. The first-order chi connectivity index (χ1) is 14.9. The van der Waals surface area contributed by atoms with Crippen LogP contribution >= 0.6 is 0 Å². The van der Waals surface area contributed by atoms with E-state index in [1.54, 1.807) is 18.3 Å². The molecular weight excluding hydrogens is 399 g/mol. The molecule has 1 atom stereocenters. The van der Waals surface area contributed by atoms with E-state index in [0.717, 1.165) is 5.52 Å². The summed E-state index contributed by atoms with van der Waals surface area (Å²) in [7, 11) is 0. The summed E-state index contributed by atoms with van der Waals surface area (Å²) in [6, 6.07) is 12.2. The van der Waals surface area contributed by atoms with E-state index >= 15 is 0 Å². The molecule has 0 bridgehead atoms. The number of nitrogens with zero attached hydrogens (tertiary/aromatic N) is 1. The van der Waals surface area contributed by atoms with Gasteiger partial charge in [0, 0.05) is 34.8 Å². The number of hydrogen-bond donors (Lipinski definition) is 2. The number of benzene rings is 2. The fourth-order valence-electron chi connectivity index (χ4n) is 3.93. The first kappa shape index (κ1) is 20.8. The van der Waals surface area contributed by atoms with Gasteiger partial charge in [-0.15, -0.1) is 0 Å². The monoisotopic (exact) mass is 422 g/mol. The molecule has 1 amide bonds. The van der Waals surface area contributed by atoms with Crippen LogP contribution in [0.15, 0.2) is 60.3 Å². The van der Waals surface area contributed by atoms with Gasteiger partial charge in [-0.25, -0.2) is 4.39 Å². The van der Waals surface area contributed by atoms with Crippen LogP contribution in [0.4, 0.5) is 4.39 Å². The van der Waals surface area contributed by atoms with E-state index in [0.29, 0.717) is 10.9 Å². The Morgan fingerprint density at radius 3 is 2.61 bits per heavy atom. The van der Waals surface area contributed by atoms with E-state index in [9.17, 15) is 19.1 Å². The van der Waals surface area contributed by atoms with Crippen molar-refractivity contribution in [3.63, 3.8) is 0 Å². The second-order valence-corrected chi connectivity index (χ2v) is 7.68. The zero-order valence-corrected chi connectivity index (χ0v) is 17.3. The number of ketones is 1. The number of para-hydroxylation sites is 1. The van der Waals surface area contributed by atoms with E-state index in [-0.39, 0.29) is 36.2 Å². The number of ether oxygens (including phenoxy) is 1. The summed E-state index contributed by atoms with van der Waals surface area (Å²) < 4.78 is 20.3. The molecule has 1 aliphatic heterocycles. The van der Waals surface area contributed by atoms with Crippen LogP contribution in [0.25, 0.3) is 16.7 Å². The van der Waals surface area contributed by atoms with Crippen LogP contribution in [-0.2, 0) is 14.3 Å². The average Bonchev–Trinajstić information content (AvgIpc) is 3.28. The van der Waals surface area contributed by atoms with Gasteiger partial charge >= 0.3 is 0 Å². The first-order valence-electron chi connectivity index (χ1n) is 10.1. The number of aromatic nitrogens is 1.